The van der Waals surface area contributed by atoms with Gasteiger partial charge in [-0.25, -0.2) is 5.48 Å². The zero-order valence-corrected chi connectivity index (χ0v) is 16.4. The highest BCUT2D eigenvalue weighted by Gasteiger charge is 2.21. The van der Waals surface area contributed by atoms with E-state index in [9.17, 15) is 4.79 Å². The number of fused-ring (bicyclic) bond motifs is 2. The van der Waals surface area contributed by atoms with Gasteiger partial charge >= 0.3 is 0 Å². The molecule has 3 aromatic rings. The number of carbonyl (C=O) groups excluding carboxylic acids is 1. The first-order chi connectivity index (χ1) is 14.2. The summed E-state index contributed by atoms with van der Waals surface area (Å²) in [5.41, 5.74) is 7.61. The highest BCUT2D eigenvalue weighted by Crippen LogP contribution is 2.32. The van der Waals surface area contributed by atoms with Crippen LogP contribution in [-0.2, 0) is 17.6 Å². The van der Waals surface area contributed by atoms with Gasteiger partial charge in [-0.15, -0.1) is 0 Å². The van der Waals surface area contributed by atoms with Crippen LogP contribution in [0.1, 0.15) is 34.7 Å². The largest absolute Gasteiger partial charge is 0.497 e. The molecule has 1 aliphatic rings. The Kier molecular flexibility index (Phi) is 5.64. The van der Waals surface area contributed by atoms with Crippen molar-refractivity contribution in [1.29, 1.82) is 0 Å². The van der Waals surface area contributed by atoms with Gasteiger partial charge < -0.3 is 15.0 Å². The van der Waals surface area contributed by atoms with Crippen LogP contribution in [-0.4, -0.2) is 29.8 Å². The lowest BCUT2D eigenvalue weighted by atomic mass is 10.0. The Morgan fingerprint density at radius 2 is 2.21 bits per heavy atom. The lowest BCUT2D eigenvalue weighted by molar-refractivity contribution is -0.124. The van der Waals surface area contributed by atoms with E-state index in [1.807, 2.05) is 18.2 Å². The van der Waals surface area contributed by atoms with Gasteiger partial charge in [0, 0.05) is 35.3 Å². The Morgan fingerprint density at radius 1 is 1.31 bits per heavy atom. The molecule has 4 N–H and O–H groups in total. The summed E-state index contributed by atoms with van der Waals surface area (Å²) in [5, 5.41) is 13.5. The zero-order valence-electron chi connectivity index (χ0n) is 16.4. The second-order valence-corrected chi connectivity index (χ2v) is 7.29. The van der Waals surface area contributed by atoms with E-state index in [2.05, 4.69) is 34.7 Å². The van der Waals surface area contributed by atoms with Crippen molar-refractivity contribution in [3.05, 3.63) is 70.9 Å². The van der Waals surface area contributed by atoms with Gasteiger partial charge in [0.1, 0.15) is 5.75 Å². The molecule has 6 heteroatoms. The molecule has 6 nitrogen and oxygen atoms in total. The molecule has 4 rings (SSSR count). The molecule has 0 unspecified atom stereocenters. The van der Waals surface area contributed by atoms with Crippen molar-refractivity contribution in [2.24, 2.45) is 0 Å². The third-order valence-corrected chi connectivity index (χ3v) is 5.54. The number of hydroxylamine groups is 1. The van der Waals surface area contributed by atoms with Crippen LogP contribution in [0.3, 0.4) is 0 Å². The van der Waals surface area contributed by atoms with Gasteiger partial charge in [-0.05, 0) is 66.3 Å². The quantitative estimate of drug-likeness (QED) is 0.282. The maximum atomic E-state index is 11.1. The minimum absolute atomic E-state index is 0.356. The maximum Gasteiger partial charge on any atom is 0.267 e. The summed E-state index contributed by atoms with van der Waals surface area (Å²) in [5.74, 6) is 0.332. The van der Waals surface area contributed by atoms with Gasteiger partial charge in [0.15, 0.2) is 0 Å². The lowest BCUT2D eigenvalue weighted by Crippen LogP contribution is -2.21. The molecule has 0 spiro atoms. The van der Waals surface area contributed by atoms with Gasteiger partial charge in [-0.3, -0.25) is 10.0 Å². The van der Waals surface area contributed by atoms with Crippen molar-refractivity contribution in [1.82, 2.24) is 15.8 Å². The highest BCUT2D eigenvalue weighted by atomic mass is 16.5. The van der Waals surface area contributed by atoms with E-state index >= 15 is 0 Å². The van der Waals surface area contributed by atoms with Crippen LogP contribution in [0.15, 0.2) is 48.7 Å². The number of aromatic amines is 1. The average Bonchev–Trinajstić information content (AvgIpc) is 3.35. The van der Waals surface area contributed by atoms with Crippen LogP contribution in [0.25, 0.3) is 17.0 Å². The number of aryl methyl sites for hydroxylation is 1. The van der Waals surface area contributed by atoms with Gasteiger partial charge in [-0.2, -0.15) is 0 Å². The summed E-state index contributed by atoms with van der Waals surface area (Å²) < 4.78 is 5.29. The number of ether oxygens (including phenoxy) is 1. The summed E-state index contributed by atoms with van der Waals surface area (Å²) in [6, 6.07) is 12.7. The molecule has 1 amide bonds. The zero-order chi connectivity index (χ0) is 20.2. The van der Waals surface area contributed by atoms with Crippen LogP contribution in [0.4, 0.5) is 0 Å². The Morgan fingerprint density at radius 3 is 3.03 bits per heavy atom. The van der Waals surface area contributed by atoms with E-state index < -0.39 is 5.91 Å². The molecule has 0 fully saturated rings. The molecule has 0 bridgehead atoms. The van der Waals surface area contributed by atoms with Crippen LogP contribution < -0.4 is 15.5 Å². The second-order valence-electron chi connectivity index (χ2n) is 7.29. The van der Waals surface area contributed by atoms with E-state index in [0.717, 1.165) is 42.6 Å². The van der Waals surface area contributed by atoms with E-state index in [4.69, 9.17) is 9.94 Å². The fourth-order valence-corrected chi connectivity index (χ4v) is 4.04. The Hall–Kier alpha value is -3.09. The fourth-order valence-electron chi connectivity index (χ4n) is 4.04. The van der Waals surface area contributed by atoms with Crippen molar-refractivity contribution in [3.8, 4) is 5.75 Å². The van der Waals surface area contributed by atoms with Crippen molar-refractivity contribution in [3.63, 3.8) is 0 Å². The van der Waals surface area contributed by atoms with Crippen molar-refractivity contribution in [2.75, 3.05) is 13.7 Å². The lowest BCUT2D eigenvalue weighted by Gasteiger charge is -2.14. The fraction of sp³-hybridized carbons (Fsp3) is 0.261. The first kappa shape index (κ1) is 19.2. The molecular formula is C23H25N3O3. The Labute approximate surface area is 169 Å². The molecule has 1 aromatic heterocycles. The smallest absolute Gasteiger partial charge is 0.267 e. The molecule has 0 aliphatic heterocycles. The molecule has 0 saturated heterocycles. The summed E-state index contributed by atoms with van der Waals surface area (Å²) in [7, 11) is 1.68. The molecular weight excluding hydrogens is 366 g/mol. The van der Waals surface area contributed by atoms with Crippen LogP contribution in [0.5, 0.6) is 5.75 Å². The molecule has 29 heavy (non-hydrogen) atoms. The predicted octanol–water partition coefficient (Wildman–Crippen LogP) is 3.51. The minimum atomic E-state index is -0.527. The van der Waals surface area contributed by atoms with Crippen molar-refractivity contribution >= 4 is 22.9 Å². The molecule has 0 radical (unpaired) electrons. The monoisotopic (exact) mass is 391 g/mol. The minimum Gasteiger partial charge on any atom is -0.497 e. The van der Waals surface area contributed by atoms with E-state index in [-0.39, 0.29) is 0 Å². The number of hydrogen-bond donors (Lipinski definition) is 4. The topological polar surface area (TPSA) is 86.4 Å². The number of aromatic nitrogens is 1. The van der Waals surface area contributed by atoms with Crippen LogP contribution in [0, 0.1) is 0 Å². The Bertz CT molecular complexity index is 1050. The van der Waals surface area contributed by atoms with E-state index in [1.165, 1.54) is 28.2 Å². The molecule has 0 saturated carbocycles. The third-order valence-electron chi connectivity index (χ3n) is 5.54. The van der Waals surface area contributed by atoms with Gasteiger partial charge in [0.05, 0.1) is 7.11 Å². The number of carbonyl (C=O) groups is 1. The van der Waals surface area contributed by atoms with Crippen molar-refractivity contribution < 1.29 is 14.7 Å². The average molecular weight is 391 g/mol. The van der Waals surface area contributed by atoms with Gasteiger partial charge in [0.25, 0.3) is 5.91 Å². The predicted molar refractivity (Wildman–Crippen MR) is 113 cm³/mol. The number of amides is 1. The first-order valence-electron chi connectivity index (χ1n) is 9.80. The number of rotatable bonds is 7. The summed E-state index contributed by atoms with van der Waals surface area (Å²) >= 11 is 0. The molecule has 1 aliphatic carbocycles. The number of methoxy groups -OCH3 is 1. The third kappa shape index (κ3) is 4.18. The molecule has 1 atom stereocenters. The number of hydrogen-bond acceptors (Lipinski definition) is 4. The SMILES string of the molecule is COc1ccc2c(CCN[C@@H]3CCc4cc(/C=C/C(=O)NO)ccc43)c[nH]c2c1. The molecule has 1 heterocycles. The summed E-state index contributed by atoms with van der Waals surface area (Å²) in [4.78, 5) is 14.5. The first-order valence-corrected chi connectivity index (χ1v) is 9.80. The summed E-state index contributed by atoms with van der Waals surface area (Å²) in [6.45, 7) is 0.904. The van der Waals surface area contributed by atoms with E-state index in [0.29, 0.717) is 6.04 Å². The second kappa shape index (κ2) is 8.51. The molecule has 150 valence electrons. The normalized spacial score (nSPS) is 15.7. The number of benzene rings is 2. The summed E-state index contributed by atoms with van der Waals surface area (Å²) in [6.07, 6.45) is 8.16. The maximum absolute atomic E-state index is 11.1. The Balaban J connectivity index is 1.37. The van der Waals surface area contributed by atoms with Crippen molar-refractivity contribution in [2.45, 2.75) is 25.3 Å². The van der Waals surface area contributed by atoms with Crippen LogP contribution in [0.2, 0.25) is 0 Å². The number of nitrogens with one attached hydrogen (secondary N) is 3. The standard InChI is InChI=1S/C23H25N3O3/c1-29-18-5-7-20-17(14-25-22(20)13-18)10-11-24-21-8-4-16-12-15(2-6-19(16)21)3-9-23(27)26-28/h2-3,5-7,9,12-14,21,24-25,28H,4,8,10-11H2,1H3,(H,26,27)/b9-3+/t21-/m1/s1. The van der Waals surface area contributed by atoms with Gasteiger partial charge in [0.2, 0.25) is 0 Å². The number of H-pyrrole nitrogens is 1. The van der Waals surface area contributed by atoms with Crippen LogP contribution >= 0.6 is 0 Å². The molecule has 2 aromatic carbocycles. The van der Waals surface area contributed by atoms with Gasteiger partial charge in [-0.1, -0.05) is 18.2 Å². The highest BCUT2D eigenvalue weighted by molar-refractivity contribution is 5.90. The van der Waals surface area contributed by atoms with E-state index in [1.54, 1.807) is 18.7 Å².